The molecule has 0 aliphatic heterocycles. The van der Waals surface area contributed by atoms with Crippen LogP contribution in [0, 0.1) is 11.8 Å². The summed E-state index contributed by atoms with van der Waals surface area (Å²) >= 11 is 0. The maximum atomic E-state index is 12.1. The van der Waals surface area contributed by atoms with Gasteiger partial charge in [-0.05, 0) is 50.6 Å². The summed E-state index contributed by atoms with van der Waals surface area (Å²) in [4.78, 5) is 23.5. The zero-order valence-corrected chi connectivity index (χ0v) is 17.0. The van der Waals surface area contributed by atoms with Gasteiger partial charge in [-0.1, -0.05) is 36.1 Å². The molecule has 0 spiro atoms. The lowest BCUT2D eigenvalue weighted by Gasteiger charge is -2.08. The smallest absolute Gasteiger partial charge is 0.225 e. The van der Waals surface area contributed by atoms with Gasteiger partial charge in [0, 0.05) is 11.1 Å². The maximum Gasteiger partial charge on any atom is 0.225 e. The monoisotopic (exact) mass is 397 g/mol. The Morgan fingerprint density at radius 2 is 1.61 bits per heavy atom. The van der Waals surface area contributed by atoms with E-state index in [0.29, 0.717) is 5.56 Å². The zero-order valence-electron chi connectivity index (χ0n) is 16.2. The van der Waals surface area contributed by atoms with Gasteiger partial charge in [0.05, 0.1) is 23.1 Å². The highest BCUT2D eigenvalue weighted by atomic mass is 32.2. The van der Waals surface area contributed by atoms with E-state index in [2.05, 4.69) is 17.2 Å². The van der Waals surface area contributed by atoms with Crippen LogP contribution in [0.25, 0.3) is 0 Å². The summed E-state index contributed by atoms with van der Waals surface area (Å²) in [5.74, 6) is 5.59. The van der Waals surface area contributed by atoms with Crippen molar-refractivity contribution < 1.29 is 18.0 Å². The minimum Gasteiger partial charge on any atom is -0.345 e. The molecule has 2 aromatic rings. The van der Waals surface area contributed by atoms with Crippen LogP contribution in [0.5, 0.6) is 0 Å². The molecule has 0 radical (unpaired) electrons. The normalized spacial score (nSPS) is 10.9. The lowest BCUT2D eigenvalue weighted by molar-refractivity contribution is -0.120. The van der Waals surface area contributed by atoms with Crippen LogP contribution in [-0.2, 0) is 21.1 Å². The number of sulfone groups is 1. The van der Waals surface area contributed by atoms with Crippen molar-refractivity contribution in [3.8, 4) is 11.8 Å². The van der Waals surface area contributed by atoms with Gasteiger partial charge in [0.15, 0.2) is 15.6 Å². The number of hydrogen-bond acceptors (Lipinski definition) is 4. The second-order valence-electron chi connectivity index (χ2n) is 6.63. The van der Waals surface area contributed by atoms with Crippen LogP contribution in [0.2, 0.25) is 0 Å². The second kappa shape index (κ2) is 9.34. The molecule has 0 unspecified atom stereocenters. The number of Topliss-reactive ketones (excluding diaryl/α,β-unsaturated/α-hetero) is 1. The van der Waals surface area contributed by atoms with Crippen molar-refractivity contribution in [2.45, 2.75) is 37.3 Å². The van der Waals surface area contributed by atoms with Crippen LogP contribution in [0.4, 0.5) is 0 Å². The summed E-state index contributed by atoms with van der Waals surface area (Å²) in [7, 11) is -3.31. The second-order valence-corrected chi connectivity index (χ2v) is 9.13. The SMILES string of the molecule is CC(=O)c1ccc(C#CCNC(=O)Cc2ccc(S(=O)(=O)C(C)C)cc2)cc1. The van der Waals surface area contributed by atoms with E-state index < -0.39 is 15.1 Å². The van der Waals surface area contributed by atoms with E-state index in [1.165, 1.54) is 19.1 Å². The lowest BCUT2D eigenvalue weighted by Crippen LogP contribution is -2.25. The average molecular weight is 397 g/mol. The van der Waals surface area contributed by atoms with E-state index in [-0.39, 0.29) is 29.6 Å². The highest BCUT2D eigenvalue weighted by Gasteiger charge is 2.18. The van der Waals surface area contributed by atoms with Gasteiger partial charge in [0.2, 0.25) is 5.91 Å². The van der Waals surface area contributed by atoms with Crippen LogP contribution in [0.1, 0.15) is 42.3 Å². The first kappa shape index (κ1) is 21.4. The van der Waals surface area contributed by atoms with E-state index in [1.807, 2.05) is 0 Å². The molecule has 5 nitrogen and oxygen atoms in total. The third-order valence-corrected chi connectivity index (χ3v) is 6.31. The summed E-state index contributed by atoms with van der Waals surface area (Å²) in [5, 5.41) is 2.22. The molecule has 0 aliphatic rings. The summed E-state index contributed by atoms with van der Waals surface area (Å²) in [6, 6.07) is 13.3. The van der Waals surface area contributed by atoms with Crippen LogP contribution in [0.3, 0.4) is 0 Å². The standard InChI is InChI=1S/C22H23NO4S/c1-16(2)28(26,27)21-12-8-19(9-13-21)15-22(25)23-14-4-5-18-6-10-20(11-7-18)17(3)24/h6-13,16H,14-15H2,1-3H3,(H,23,25). The maximum absolute atomic E-state index is 12.1. The molecule has 0 aliphatic carbocycles. The molecule has 1 amide bonds. The van der Waals surface area contributed by atoms with Crippen molar-refractivity contribution in [1.29, 1.82) is 0 Å². The Morgan fingerprint density at radius 3 is 2.14 bits per heavy atom. The summed E-state index contributed by atoms with van der Waals surface area (Å²) in [6.45, 7) is 4.98. The van der Waals surface area contributed by atoms with Crippen molar-refractivity contribution >= 4 is 21.5 Å². The molecule has 0 saturated carbocycles. The summed E-state index contributed by atoms with van der Waals surface area (Å²) in [6.07, 6.45) is 0.150. The van der Waals surface area contributed by atoms with Gasteiger partial charge in [-0.2, -0.15) is 0 Å². The van der Waals surface area contributed by atoms with E-state index in [0.717, 1.165) is 11.1 Å². The third kappa shape index (κ3) is 5.80. The zero-order chi connectivity index (χ0) is 20.7. The molecule has 0 heterocycles. The molecular weight excluding hydrogens is 374 g/mol. The highest BCUT2D eigenvalue weighted by Crippen LogP contribution is 2.16. The number of amides is 1. The minimum atomic E-state index is -3.31. The first-order valence-electron chi connectivity index (χ1n) is 8.89. The fourth-order valence-electron chi connectivity index (χ4n) is 2.39. The van der Waals surface area contributed by atoms with Crippen LogP contribution >= 0.6 is 0 Å². The van der Waals surface area contributed by atoms with Gasteiger partial charge in [0.1, 0.15) is 0 Å². The Balaban J connectivity index is 1.87. The number of benzene rings is 2. The lowest BCUT2D eigenvalue weighted by atomic mass is 10.1. The Morgan fingerprint density at radius 1 is 1.00 bits per heavy atom. The Labute approximate surface area is 166 Å². The molecule has 2 rings (SSSR count). The number of ketones is 1. The van der Waals surface area contributed by atoms with Gasteiger partial charge in [0.25, 0.3) is 0 Å². The van der Waals surface area contributed by atoms with Crippen LogP contribution in [0.15, 0.2) is 53.4 Å². The molecule has 146 valence electrons. The number of nitrogens with one attached hydrogen (secondary N) is 1. The molecule has 2 aromatic carbocycles. The minimum absolute atomic E-state index is 0.00149. The van der Waals surface area contributed by atoms with Gasteiger partial charge >= 0.3 is 0 Å². The fraction of sp³-hybridized carbons (Fsp3) is 0.273. The van der Waals surface area contributed by atoms with Crippen LogP contribution < -0.4 is 5.32 Å². The first-order valence-corrected chi connectivity index (χ1v) is 10.4. The summed E-state index contributed by atoms with van der Waals surface area (Å²) in [5.41, 5.74) is 2.13. The first-order chi connectivity index (χ1) is 13.2. The van der Waals surface area contributed by atoms with Gasteiger partial charge in [-0.15, -0.1) is 0 Å². The molecule has 0 atom stereocenters. The van der Waals surface area contributed by atoms with Crippen molar-refractivity contribution in [1.82, 2.24) is 5.32 Å². The molecule has 0 aromatic heterocycles. The van der Waals surface area contributed by atoms with E-state index >= 15 is 0 Å². The summed E-state index contributed by atoms with van der Waals surface area (Å²) < 4.78 is 24.2. The Bertz CT molecular complexity index is 1010. The molecule has 28 heavy (non-hydrogen) atoms. The Kier molecular flexibility index (Phi) is 7.13. The van der Waals surface area contributed by atoms with Crippen molar-refractivity contribution in [2.75, 3.05) is 6.54 Å². The van der Waals surface area contributed by atoms with E-state index in [1.54, 1.807) is 50.2 Å². The predicted octanol–water partition coefficient (Wildman–Crippen LogP) is 2.78. The molecule has 6 heteroatoms. The van der Waals surface area contributed by atoms with Crippen molar-refractivity contribution in [3.05, 3.63) is 65.2 Å². The molecule has 0 saturated heterocycles. The molecule has 1 N–H and O–H groups in total. The van der Waals surface area contributed by atoms with Gasteiger partial charge in [-0.25, -0.2) is 8.42 Å². The molecular formula is C22H23NO4S. The predicted molar refractivity (Wildman–Crippen MR) is 109 cm³/mol. The average Bonchev–Trinajstić information content (AvgIpc) is 2.66. The quantitative estimate of drug-likeness (QED) is 0.600. The van der Waals surface area contributed by atoms with Gasteiger partial charge < -0.3 is 5.32 Å². The number of hydrogen-bond donors (Lipinski definition) is 1. The molecule has 0 bridgehead atoms. The highest BCUT2D eigenvalue weighted by molar-refractivity contribution is 7.92. The number of carbonyl (C=O) groups is 2. The molecule has 0 fully saturated rings. The van der Waals surface area contributed by atoms with Crippen molar-refractivity contribution in [2.24, 2.45) is 0 Å². The largest absolute Gasteiger partial charge is 0.345 e. The number of rotatable bonds is 6. The van der Waals surface area contributed by atoms with E-state index in [4.69, 9.17) is 0 Å². The fourth-order valence-corrected chi connectivity index (χ4v) is 3.45. The van der Waals surface area contributed by atoms with Crippen molar-refractivity contribution in [3.63, 3.8) is 0 Å². The Hall–Kier alpha value is -2.91. The van der Waals surface area contributed by atoms with Crippen LogP contribution in [-0.4, -0.2) is 31.9 Å². The topological polar surface area (TPSA) is 80.3 Å². The van der Waals surface area contributed by atoms with Gasteiger partial charge in [-0.3, -0.25) is 9.59 Å². The van der Waals surface area contributed by atoms with E-state index in [9.17, 15) is 18.0 Å². The number of carbonyl (C=O) groups excluding carboxylic acids is 2. The third-order valence-electron chi connectivity index (χ3n) is 4.14.